The fraction of sp³-hybridized carbons (Fsp3) is 0.304. The number of nitrogens with zero attached hydrogens (tertiary/aromatic N) is 3. The largest absolute Gasteiger partial charge is 0.481 e. The lowest BCUT2D eigenvalue weighted by Crippen LogP contribution is -2.54. The van der Waals surface area contributed by atoms with E-state index in [1.54, 1.807) is 24.3 Å². The minimum Gasteiger partial charge on any atom is -0.481 e. The molecule has 2 aromatic carbocycles. The predicted molar refractivity (Wildman–Crippen MR) is 120 cm³/mol. The molecule has 2 N–H and O–H groups in total. The van der Waals surface area contributed by atoms with Gasteiger partial charge >= 0.3 is 5.97 Å². The number of nitro groups is 1. The van der Waals surface area contributed by atoms with Gasteiger partial charge in [-0.3, -0.25) is 29.3 Å². The van der Waals surface area contributed by atoms with Gasteiger partial charge in [0, 0.05) is 37.7 Å². The highest BCUT2D eigenvalue weighted by molar-refractivity contribution is 5.99. The number of non-ortho nitro benzene ring substituents is 1. The smallest absolute Gasteiger partial charge is 0.305 e. The predicted octanol–water partition coefficient (Wildman–Crippen LogP) is 1.87. The first-order chi connectivity index (χ1) is 16.1. The lowest BCUT2D eigenvalue weighted by Gasteiger charge is -2.30. The number of carboxylic acids is 1. The Morgan fingerprint density at radius 3 is 2.35 bits per heavy atom. The molecule has 34 heavy (non-hydrogen) atoms. The summed E-state index contributed by atoms with van der Waals surface area (Å²) in [5.41, 5.74) is 1.25. The van der Waals surface area contributed by atoms with Gasteiger partial charge in [-0.2, -0.15) is 0 Å². The molecule has 0 saturated carbocycles. The average Bonchev–Trinajstić information content (AvgIpc) is 3.24. The summed E-state index contributed by atoms with van der Waals surface area (Å²) in [4.78, 5) is 63.1. The number of aryl methyl sites for hydroxylation is 1. The molecule has 1 fully saturated rings. The van der Waals surface area contributed by atoms with Crippen LogP contribution in [0.1, 0.15) is 40.9 Å². The molecule has 0 bridgehead atoms. The lowest BCUT2D eigenvalue weighted by molar-refractivity contribution is -0.384. The van der Waals surface area contributed by atoms with Crippen molar-refractivity contribution in [1.82, 2.24) is 15.1 Å². The van der Waals surface area contributed by atoms with Gasteiger partial charge < -0.3 is 20.2 Å². The Kier molecular flexibility index (Phi) is 7.24. The Balaban J connectivity index is 1.91. The van der Waals surface area contributed by atoms with Crippen LogP contribution in [0, 0.1) is 17.0 Å². The van der Waals surface area contributed by atoms with Crippen LogP contribution >= 0.6 is 0 Å². The third kappa shape index (κ3) is 5.37. The maximum Gasteiger partial charge on any atom is 0.305 e. The highest BCUT2D eigenvalue weighted by Gasteiger charge is 2.42. The Hall–Kier alpha value is -4.28. The molecule has 11 heteroatoms. The molecule has 0 aliphatic carbocycles. The highest BCUT2D eigenvalue weighted by atomic mass is 16.6. The van der Waals surface area contributed by atoms with Crippen LogP contribution in [0.2, 0.25) is 0 Å². The molecule has 11 nitrogen and oxygen atoms in total. The molecule has 2 atom stereocenters. The molecule has 178 valence electrons. The highest BCUT2D eigenvalue weighted by Crippen LogP contribution is 2.24. The topological polar surface area (TPSA) is 150 Å². The first kappa shape index (κ1) is 24.4. The maximum atomic E-state index is 13.3. The Morgan fingerprint density at radius 1 is 1.12 bits per heavy atom. The van der Waals surface area contributed by atoms with Crippen LogP contribution in [-0.4, -0.2) is 62.8 Å². The third-order valence-electron chi connectivity index (χ3n) is 5.55. The average molecular weight is 468 g/mol. The number of rotatable bonds is 7. The Labute approximate surface area is 195 Å². The van der Waals surface area contributed by atoms with Crippen LogP contribution in [0.5, 0.6) is 0 Å². The van der Waals surface area contributed by atoms with E-state index in [1.165, 1.54) is 41.0 Å². The van der Waals surface area contributed by atoms with Crippen molar-refractivity contribution in [3.8, 4) is 0 Å². The maximum absolute atomic E-state index is 13.3. The number of carbonyl (C=O) groups excluding carboxylic acids is 3. The molecule has 0 radical (unpaired) electrons. The molecule has 0 aromatic heterocycles. The summed E-state index contributed by atoms with van der Waals surface area (Å²) in [6.07, 6.45) is -1.84. The number of carbonyl (C=O) groups is 4. The first-order valence-corrected chi connectivity index (χ1v) is 10.5. The number of nitrogens with one attached hydrogen (secondary N) is 1. The van der Waals surface area contributed by atoms with Gasteiger partial charge in [0.25, 0.3) is 17.5 Å². The van der Waals surface area contributed by atoms with E-state index in [0.717, 1.165) is 5.56 Å². The number of amides is 3. The molecule has 1 saturated heterocycles. The standard InChI is InChI=1S/C23H24N4O7/c1-14-6-8-16(9-7-14)23(32)26-11-10-25(15(2)28)22(26)21(31)24-19(13-20(29)30)17-4-3-5-18(12-17)27(33)34/h3-9,12,19,22H,10-11,13H2,1-2H3,(H,24,31)(H,29,30). The number of nitro benzene ring substituents is 1. The van der Waals surface area contributed by atoms with Crippen LogP contribution in [-0.2, 0) is 14.4 Å². The fourth-order valence-corrected chi connectivity index (χ4v) is 3.84. The van der Waals surface area contributed by atoms with Crippen molar-refractivity contribution in [1.29, 1.82) is 0 Å². The van der Waals surface area contributed by atoms with E-state index in [4.69, 9.17) is 0 Å². The second-order valence-corrected chi connectivity index (χ2v) is 7.96. The van der Waals surface area contributed by atoms with Gasteiger partial charge in [0.05, 0.1) is 17.4 Å². The van der Waals surface area contributed by atoms with Crippen molar-refractivity contribution in [3.63, 3.8) is 0 Å². The zero-order valence-corrected chi connectivity index (χ0v) is 18.6. The summed E-state index contributed by atoms with van der Waals surface area (Å²) >= 11 is 0. The van der Waals surface area contributed by atoms with Gasteiger partial charge in [0.2, 0.25) is 5.91 Å². The van der Waals surface area contributed by atoms with Gasteiger partial charge in [-0.05, 0) is 24.6 Å². The summed E-state index contributed by atoms with van der Waals surface area (Å²) in [6, 6.07) is 10.9. The molecule has 2 aromatic rings. The van der Waals surface area contributed by atoms with Crippen LogP contribution in [0.25, 0.3) is 0 Å². The summed E-state index contributed by atoms with van der Waals surface area (Å²) in [5, 5.41) is 23.0. The zero-order valence-electron chi connectivity index (χ0n) is 18.6. The van der Waals surface area contributed by atoms with Crippen LogP contribution in [0.15, 0.2) is 48.5 Å². The summed E-state index contributed by atoms with van der Waals surface area (Å²) < 4.78 is 0. The zero-order chi connectivity index (χ0) is 25.0. The Morgan fingerprint density at radius 2 is 1.76 bits per heavy atom. The van der Waals surface area contributed by atoms with Gasteiger partial charge in [-0.25, -0.2) is 0 Å². The number of carboxylic acid groups (broad SMARTS) is 1. The van der Waals surface area contributed by atoms with Crippen molar-refractivity contribution >= 4 is 29.4 Å². The summed E-state index contributed by atoms with van der Waals surface area (Å²) in [7, 11) is 0. The van der Waals surface area contributed by atoms with E-state index >= 15 is 0 Å². The summed E-state index contributed by atoms with van der Waals surface area (Å²) in [6.45, 7) is 3.39. The van der Waals surface area contributed by atoms with Crippen molar-refractivity contribution in [2.75, 3.05) is 13.1 Å². The lowest BCUT2D eigenvalue weighted by atomic mass is 10.0. The number of hydrogen-bond acceptors (Lipinski definition) is 6. The number of aliphatic carboxylic acids is 1. The van der Waals surface area contributed by atoms with E-state index in [-0.39, 0.29) is 24.3 Å². The molecule has 2 unspecified atom stereocenters. The number of benzene rings is 2. The number of hydrogen-bond donors (Lipinski definition) is 2. The quantitative estimate of drug-likeness (QED) is 0.465. The second kappa shape index (κ2) is 10.1. The molecule has 3 rings (SSSR count). The molecule has 3 amide bonds. The van der Waals surface area contributed by atoms with Crippen molar-refractivity contribution in [3.05, 3.63) is 75.3 Å². The third-order valence-corrected chi connectivity index (χ3v) is 5.55. The summed E-state index contributed by atoms with van der Waals surface area (Å²) in [5.74, 6) is -2.87. The van der Waals surface area contributed by atoms with Gasteiger partial charge in [-0.15, -0.1) is 0 Å². The van der Waals surface area contributed by atoms with Gasteiger partial charge in [-0.1, -0.05) is 29.8 Å². The molecule has 1 aliphatic heterocycles. The monoisotopic (exact) mass is 468 g/mol. The van der Waals surface area contributed by atoms with Crippen molar-refractivity contribution in [2.45, 2.75) is 32.5 Å². The second-order valence-electron chi connectivity index (χ2n) is 7.96. The first-order valence-electron chi connectivity index (χ1n) is 10.5. The van der Waals surface area contributed by atoms with E-state index in [9.17, 15) is 34.4 Å². The van der Waals surface area contributed by atoms with Gasteiger partial charge in [0.1, 0.15) is 0 Å². The molecular weight excluding hydrogens is 444 g/mol. The molecular formula is C23H24N4O7. The van der Waals surface area contributed by atoms with E-state index in [2.05, 4.69) is 5.32 Å². The van der Waals surface area contributed by atoms with E-state index < -0.39 is 47.2 Å². The molecule has 0 spiro atoms. The van der Waals surface area contributed by atoms with E-state index in [0.29, 0.717) is 5.56 Å². The fourth-order valence-electron chi connectivity index (χ4n) is 3.84. The van der Waals surface area contributed by atoms with Crippen LogP contribution in [0.4, 0.5) is 5.69 Å². The van der Waals surface area contributed by atoms with Crippen molar-refractivity contribution < 1.29 is 29.2 Å². The normalized spacial score (nSPS) is 16.1. The Bertz CT molecular complexity index is 1130. The van der Waals surface area contributed by atoms with Gasteiger partial charge in [0.15, 0.2) is 6.17 Å². The minimum absolute atomic E-state index is 0.116. The SMILES string of the molecule is CC(=O)N1CCN(C(=O)c2ccc(C)cc2)C1C(=O)NC(CC(=O)O)c1cccc([N+](=O)[O-])c1. The minimum atomic E-state index is -1.29. The van der Waals surface area contributed by atoms with Crippen LogP contribution < -0.4 is 5.32 Å². The van der Waals surface area contributed by atoms with Crippen molar-refractivity contribution in [2.24, 2.45) is 0 Å². The van der Waals surface area contributed by atoms with Crippen LogP contribution in [0.3, 0.4) is 0 Å². The molecule has 1 heterocycles. The molecule has 1 aliphatic rings. The van der Waals surface area contributed by atoms with E-state index in [1.807, 2.05) is 6.92 Å².